The van der Waals surface area contributed by atoms with Gasteiger partial charge >= 0.3 is 0 Å². The first-order chi connectivity index (χ1) is 11.7. The number of hydrogen-bond acceptors (Lipinski definition) is 2. The van der Waals surface area contributed by atoms with Gasteiger partial charge in [-0.05, 0) is 29.3 Å². The molecule has 0 spiro atoms. The maximum Gasteiger partial charge on any atom is 0.255 e. The van der Waals surface area contributed by atoms with Crippen molar-refractivity contribution in [3.63, 3.8) is 0 Å². The molecule has 2 nitrogen and oxygen atoms in total. The summed E-state index contributed by atoms with van der Waals surface area (Å²) in [6, 6.07) is 24.7. The van der Waals surface area contributed by atoms with Gasteiger partial charge < -0.3 is 9.84 Å². The van der Waals surface area contributed by atoms with Gasteiger partial charge in [0.05, 0.1) is 0 Å². The molecule has 118 valence electrons. The van der Waals surface area contributed by atoms with Crippen LogP contribution in [0.1, 0.15) is 16.7 Å². The fourth-order valence-corrected chi connectivity index (χ4v) is 3.12. The highest BCUT2D eigenvalue weighted by Crippen LogP contribution is 2.43. The number of fused-ring (bicyclic) bond motifs is 1. The lowest BCUT2D eigenvalue weighted by Crippen LogP contribution is -2.33. The molecule has 0 radical (unpaired) electrons. The number of hydrogen-bond donors (Lipinski definition) is 1. The monoisotopic (exact) mass is 334 g/mol. The quantitative estimate of drug-likeness (QED) is 0.714. The van der Waals surface area contributed by atoms with Crippen molar-refractivity contribution in [2.45, 2.75) is 5.79 Å². The second-order valence-corrected chi connectivity index (χ2v) is 6.17. The molecular weight excluding hydrogens is 320 g/mol. The van der Waals surface area contributed by atoms with Gasteiger partial charge in [0.15, 0.2) is 0 Å². The lowest BCUT2D eigenvalue weighted by atomic mass is 9.90. The maximum absolute atomic E-state index is 11.2. The van der Waals surface area contributed by atoms with Crippen LogP contribution in [0.2, 0.25) is 5.02 Å². The predicted octanol–water partition coefficient (Wildman–Crippen LogP) is 5.01. The lowest BCUT2D eigenvalue weighted by molar-refractivity contribution is -0.103. The smallest absolute Gasteiger partial charge is 0.255 e. The second-order valence-electron chi connectivity index (χ2n) is 5.73. The molecule has 1 N–H and O–H groups in total. The Hall–Kier alpha value is -2.55. The number of aliphatic hydroxyl groups is 1. The molecule has 24 heavy (non-hydrogen) atoms. The molecule has 0 aliphatic carbocycles. The standard InChI is InChI=1S/C21H15ClO2/c22-17-11-12-20-18(13-17)19(15-7-3-1-4-8-15)14-21(23,24-20)16-9-5-2-6-10-16/h1-14,23H. The topological polar surface area (TPSA) is 29.5 Å². The van der Waals surface area contributed by atoms with Gasteiger partial charge in [0.1, 0.15) is 5.75 Å². The van der Waals surface area contributed by atoms with E-state index in [-0.39, 0.29) is 0 Å². The Labute approximate surface area is 145 Å². The molecule has 0 amide bonds. The van der Waals surface area contributed by atoms with Crippen molar-refractivity contribution < 1.29 is 9.84 Å². The van der Waals surface area contributed by atoms with Crippen LogP contribution < -0.4 is 4.74 Å². The summed E-state index contributed by atoms with van der Waals surface area (Å²) in [4.78, 5) is 0. The summed E-state index contributed by atoms with van der Waals surface area (Å²) in [7, 11) is 0. The van der Waals surface area contributed by atoms with E-state index >= 15 is 0 Å². The molecule has 3 aromatic rings. The molecule has 1 atom stereocenters. The van der Waals surface area contributed by atoms with Gasteiger partial charge in [0.2, 0.25) is 0 Å². The van der Waals surface area contributed by atoms with E-state index in [1.165, 1.54) is 0 Å². The highest BCUT2D eigenvalue weighted by atomic mass is 35.5. The van der Waals surface area contributed by atoms with E-state index in [0.717, 1.165) is 16.7 Å². The van der Waals surface area contributed by atoms with Crippen LogP contribution in [0, 0.1) is 0 Å². The van der Waals surface area contributed by atoms with E-state index in [2.05, 4.69) is 0 Å². The second kappa shape index (κ2) is 5.82. The first-order valence-electron chi connectivity index (χ1n) is 7.71. The molecule has 4 rings (SSSR count). The van der Waals surface area contributed by atoms with Crippen LogP contribution in [-0.2, 0) is 5.79 Å². The summed E-state index contributed by atoms with van der Waals surface area (Å²) >= 11 is 6.17. The van der Waals surface area contributed by atoms with Crippen LogP contribution in [-0.4, -0.2) is 5.11 Å². The predicted molar refractivity (Wildman–Crippen MR) is 95.9 cm³/mol. The van der Waals surface area contributed by atoms with Crippen LogP contribution in [0.4, 0.5) is 0 Å². The van der Waals surface area contributed by atoms with Crippen LogP contribution in [0.25, 0.3) is 5.57 Å². The van der Waals surface area contributed by atoms with Gasteiger partial charge in [-0.25, -0.2) is 0 Å². The minimum absolute atomic E-state index is 0.604. The summed E-state index contributed by atoms with van der Waals surface area (Å²) in [5.41, 5.74) is 3.44. The lowest BCUT2D eigenvalue weighted by Gasteiger charge is -2.33. The van der Waals surface area contributed by atoms with Gasteiger partial charge in [-0.3, -0.25) is 0 Å². The molecule has 1 heterocycles. The van der Waals surface area contributed by atoms with E-state index in [4.69, 9.17) is 16.3 Å². The highest BCUT2D eigenvalue weighted by Gasteiger charge is 2.35. The number of halogens is 1. The zero-order valence-electron chi connectivity index (χ0n) is 12.8. The van der Waals surface area contributed by atoms with Crippen molar-refractivity contribution >= 4 is 17.2 Å². The molecule has 0 aromatic heterocycles. The van der Waals surface area contributed by atoms with E-state index in [0.29, 0.717) is 16.3 Å². The molecule has 1 aliphatic heterocycles. The third kappa shape index (κ3) is 2.60. The summed E-state index contributed by atoms with van der Waals surface area (Å²) in [6.45, 7) is 0. The first-order valence-corrected chi connectivity index (χ1v) is 8.09. The fraction of sp³-hybridized carbons (Fsp3) is 0.0476. The minimum Gasteiger partial charge on any atom is -0.454 e. The normalized spacial score (nSPS) is 19.2. The zero-order valence-corrected chi connectivity index (χ0v) is 13.6. The van der Waals surface area contributed by atoms with E-state index in [1.54, 1.807) is 18.2 Å². The Morgan fingerprint density at radius 2 is 1.50 bits per heavy atom. The summed E-state index contributed by atoms with van der Waals surface area (Å²) in [5, 5.41) is 11.8. The van der Waals surface area contributed by atoms with Crippen molar-refractivity contribution in [1.82, 2.24) is 0 Å². The van der Waals surface area contributed by atoms with Gasteiger partial charge in [-0.2, -0.15) is 0 Å². The number of benzene rings is 3. The van der Waals surface area contributed by atoms with Crippen LogP contribution in [0.3, 0.4) is 0 Å². The maximum atomic E-state index is 11.2. The van der Waals surface area contributed by atoms with Gasteiger partial charge in [0, 0.05) is 22.2 Å². The van der Waals surface area contributed by atoms with Crippen molar-refractivity contribution in [3.05, 3.63) is 107 Å². The molecule has 1 aliphatic rings. The molecule has 0 saturated heterocycles. The van der Waals surface area contributed by atoms with Crippen molar-refractivity contribution in [3.8, 4) is 5.75 Å². The van der Waals surface area contributed by atoms with E-state index in [1.807, 2.05) is 66.7 Å². The molecule has 0 saturated carbocycles. The molecule has 0 fully saturated rings. The minimum atomic E-state index is -1.52. The number of rotatable bonds is 2. The Morgan fingerprint density at radius 1 is 0.833 bits per heavy atom. The third-order valence-corrected chi connectivity index (χ3v) is 4.34. The van der Waals surface area contributed by atoms with Gasteiger partial charge in [-0.1, -0.05) is 72.3 Å². The fourth-order valence-electron chi connectivity index (χ4n) is 2.95. The Kier molecular flexibility index (Phi) is 3.64. The average molecular weight is 335 g/mol. The first kappa shape index (κ1) is 15.0. The average Bonchev–Trinajstić information content (AvgIpc) is 2.63. The highest BCUT2D eigenvalue weighted by molar-refractivity contribution is 6.30. The molecule has 1 unspecified atom stereocenters. The van der Waals surface area contributed by atoms with Crippen LogP contribution >= 0.6 is 11.6 Å². The van der Waals surface area contributed by atoms with Gasteiger partial charge in [-0.15, -0.1) is 0 Å². The molecule has 3 heteroatoms. The van der Waals surface area contributed by atoms with Crippen LogP contribution in [0.15, 0.2) is 84.9 Å². The SMILES string of the molecule is OC1(c2ccccc2)C=C(c2ccccc2)c2cc(Cl)ccc2O1. The van der Waals surface area contributed by atoms with Crippen molar-refractivity contribution in [2.75, 3.05) is 0 Å². The summed E-state index contributed by atoms with van der Waals surface area (Å²) in [6.07, 6.45) is 1.75. The van der Waals surface area contributed by atoms with Crippen LogP contribution in [0.5, 0.6) is 5.75 Å². The van der Waals surface area contributed by atoms with E-state index in [9.17, 15) is 5.11 Å². The third-order valence-electron chi connectivity index (χ3n) is 4.11. The Balaban J connectivity index is 1.94. The zero-order chi connectivity index (χ0) is 16.6. The Bertz CT molecular complexity index is 904. The summed E-state index contributed by atoms with van der Waals surface area (Å²) < 4.78 is 5.93. The molecule has 3 aromatic carbocycles. The molecule has 0 bridgehead atoms. The number of ether oxygens (including phenoxy) is 1. The van der Waals surface area contributed by atoms with Crippen molar-refractivity contribution in [1.29, 1.82) is 0 Å². The molecular formula is C21H15ClO2. The summed E-state index contributed by atoms with van der Waals surface area (Å²) in [5.74, 6) is -0.917. The van der Waals surface area contributed by atoms with Crippen molar-refractivity contribution in [2.24, 2.45) is 0 Å². The van der Waals surface area contributed by atoms with E-state index < -0.39 is 5.79 Å². The Morgan fingerprint density at radius 3 is 2.21 bits per heavy atom. The largest absolute Gasteiger partial charge is 0.454 e. The van der Waals surface area contributed by atoms with Gasteiger partial charge in [0.25, 0.3) is 5.79 Å².